The first-order chi connectivity index (χ1) is 13.1. The van der Waals surface area contributed by atoms with Crippen LogP contribution in [0.25, 0.3) is 11.3 Å². The van der Waals surface area contributed by atoms with Crippen molar-refractivity contribution >= 4 is 11.6 Å². The summed E-state index contributed by atoms with van der Waals surface area (Å²) in [4.78, 5) is 25.2. The number of anilines is 1. The Bertz CT molecular complexity index is 963. The highest BCUT2D eigenvalue weighted by Gasteiger charge is 2.21. The van der Waals surface area contributed by atoms with E-state index in [2.05, 4.69) is 17.3 Å². The molecular formula is C22H23N3O2. The van der Waals surface area contributed by atoms with Crippen LogP contribution in [0.15, 0.2) is 71.5 Å². The molecule has 3 rings (SSSR count). The van der Waals surface area contributed by atoms with Crippen LogP contribution in [-0.2, 0) is 11.2 Å². The number of carbonyl (C=O) groups is 1. The Morgan fingerprint density at radius 3 is 2.33 bits per heavy atom. The second-order valence-electron chi connectivity index (χ2n) is 6.33. The number of nitrogens with one attached hydrogen (secondary N) is 1. The van der Waals surface area contributed by atoms with E-state index in [9.17, 15) is 9.59 Å². The second kappa shape index (κ2) is 8.45. The Morgan fingerprint density at radius 1 is 1.00 bits per heavy atom. The van der Waals surface area contributed by atoms with Crippen molar-refractivity contribution in [2.45, 2.75) is 32.7 Å². The average Bonchev–Trinajstić information content (AvgIpc) is 2.71. The van der Waals surface area contributed by atoms with E-state index in [1.54, 1.807) is 6.07 Å². The first-order valence-electron chi connectivity index (χ1n) is 9.17. The second-order valence-corrected chi connectivity index (χ2v) is 6.33. The van der Waals surface area contributed by atoms with Crippen molar-refractivity contribution < 1.29 is 4.79 Å². The SMILES string of the molecule is CCc1ccc(NC(=O)[C@H](CC)n2nc(-c3ccccc3)ccc2=O)cc1. The lowest BCUT2D eigenvalue weighted by molar-refractivity contribution is -0.119. The van der Waals surface area contributed by atoms with Crippen LogP contribution in [0.4, 0.5) is 5.69 Å². The van der Waals surface area contributed by atoms with Crippen molar-refractivity contribution in [3.05, 3.63) is 82.6 Å². The molecule has 0 aliphatic heterocycles. The number of nitrogens with zero attached hydrogens (tertiary/aromatic N) is 2. The van der Waals surface area contributed by atoms with Gasteiger partial charge in [-0.3, -0.25) is 9.59 Å². The molecule has 0 saturated carbocycles. The van der Waals surface area contributed by atoms with Gasteiger partial charge in [-0.1, -0.05) is 56.3 Å². The molecule has 0 unspecified atom stereocenters. The van der Waals surface area contributed by atoms with E-state index >= 15 is 0 Å². The van der Waals surface area contributed by atoms with Gasteiger partial charge in [-0.25, -0.2) is 4.68 Å². The minimum Gasteiger partial charge on any atom is -0.324 e. The van der Waals surface area contributed by atoms with Crippen molar-refractivity contribution in [2.24, 2.45) is 0 Å². The molecule has 5 nitrogen and oxygen atoms in total. The van der Waals surface area contributed by atoms with E-state index < -0.39 is 6.04 Å². The van der Waals surface area contributed by atoms with Gasteiger partial charge in [0.05, 0.1) is 5.69 Å². The van der Waals surface area contributed by atoms with Crippen LogP contribution in [0.5, 0.6) is 0 Å². The quantitative estimate of drug-likeness (QED) is 0.720. The Labute approximate surface area is 158 Å². The number of hydrogen-bond acceptors (Lipinski definition) is 3. The normalized spacial score (nSPS) is 11.8. The number of hydrogen-bond donors (Lipinski definition) is 1. The molecular weight excluding hydrogens is 338 g/mol. The van der Waals surface area contributed by atoms with Gasteiger partial charge in [0.25, 0.3) is 5.56 Å². The van der Waals surface area contributed by atoms with Gasteiger partial charge in [0.1, 0.15) is 6.04 Å². The lowest BCUT2D eigenvalue weighted by atomic mass is 10.1. The van der Waals surface area contributed by atoms with Crippen LogP contribution in [0.3, 0.4) is 0 Å². The third-order valence-corrected chi connectivity index (χ3v) is 4.51. The maximum Gasteiger partial charge on any atom is 0.267 e. The maximum atomic E-state index is 12.8. The van der Waals surface area contributed by atoms with Gasteiger partial charge < -0.3 is 5.32 Å². The van der Waals surface area contributed by atoms with Gasteiger partial charge in [-0.2, -0.15) is 5.10 Å². The van der Waals surface area contributed by atoms with E-state index in [1.165, 1.54) is 16.3 Å². The lowest BCUT2D eigenvalue weighted by Crippen LogP contribution is -2.34. The highest BCUT2D eigenvalue weighted by atomic mass is 16.2. The van der Waals surface area contributed by atoms with Crippen molar-refractivity contribution in [2.75, 3.05) is 5.32 Å². The van der Waals surface area contributed by atoms with Gasteiger partial charge in [-0.15, -0.1) is 0 Å². The number of aryl methyl sites for hydroxylation is 1. The Morgan fingerprint density at radius 2 is 1.70 bits per heavy atom. The van der Waals surface area contributed by atoms with E-state index in [-0.39, 0.29) is 11.5 Å². The molecule has 0 radical (unpaired) electrons. The Hall–Kier alpha value is -3.21. The summed E-state index contributed by atoms with van der Waals surface area (Å²) in [5, 5.41) is 7.34. The number of rotatable bonds is 6. The fraction of sp³-hybridized carbons (Fsp3) is 0.227. The van der Waals surface area contributed by atoms with Crippen LogP contribution in [0.1, 0.15) is 31.9 Å². The lowest BCUT2D eigenvalue weighted by Gasteiger charge is -2.17. The smallest absolute Gasteiger partial charge is 0.267 e. The number of carbonyl (C=O) groups excluding carboxylic acids is 1. The molecule has 27 heavy (non-hydrogen) atoms. The van der Waals surface area contributed by atoms with Crippen molar-refractivity contribution in [3.63, 3.8) is 0 Å². The highest BCUT2D eigenvalue weighted by molar-refractivity contribution is 5.93. The third-order valence-electron chi connectivity index (χ3n) is 4.51. The van der Waals surface area contributed by atoms with Gasteiger partial charge in [0.15, 0.2) is 0 Å². The van der Waals surface area contributed by atoms with E-state index in [0.29, 0.717) is 17.8 Å². The van der Waals surface area contributed by atoms with Crippen LogP contribution in [0, 0.1) is 0 Å². The summed E-state index contributed by atoms with van der Waals surface area (Å²) in [6.07, 6.45) is 1.40. The molecule has 0 spiro atoms. The predicted octanol–water partition coefficient (Wildman–Crippen LogP) is 4.06. The first-order valence-corrected chi connectivity index (χ1v) is 9.17. The summed E-state index contributed by atoms with van der Waals surface area (Å²) < 4.78 is 1.28. The zero-order valence-electron chi connectivity index (χ0n) is 15.6. The first kappa shape index (κ1) is 18.6. The fourth-order valence-corrected chi connectivity index (χ4v) is 2.93. The average molecular weight is 361 g/mol. The topological polar surface area (TPSA) is 64.0 Å². The summed E-state index contributed by atoms with van der Waals surface area (Å²) in [7, 11) is 0. The zero-order chi connectivity index (χ0) is 19.2. The van der Waals surface area contributed by atoms with Gasteiger partial charge in [-0.05, 0) is 36.6 Å². The molecule has 1 N–H and O–H groups in total. The molecule has 0 saturated heterocycles. The fourth-order valence-electron chi connectivity index (χ4n) is 2.93. The number of aromatic nitrogens is 2. The van der Waals surface area contributed by atoms with Crippen LogP contribution in [-0.4, -0.2) is 15.7 Å². The van der Waals surface area contributed by atoms with E-state index in [0.717, 1.165) is 12.0 Å². The molecule has 1 atom stereocenters. The van der Waals surface area contributed by atoms with Crippen LogP contribution >= 0.6 is 0 Å². The highest BCUT2D eigenvalue weighted by Crippen LogP contribution is 2.18. The van der Waals surface area contributed by atoms with Gasteiger partial charge in [0.2, 0.25) is 5.91 Å². The molecule has 3 aromatic rings. The van der Waals surface area contributed by atoms with Gasteiger partial charge in [0, 0.05) is 17.3 Å². The van der Waals surface area contributed by atoms with Crippen molar-refractivity contribution in [1.29, 1.82) is 0 Å². The van der Waals surface area contributed by atoms with Crippen LogP contribution in [0.2, 0.25) is 0 Å². The van der Waals surface area contributed by atoms with Crippen molar-refractivity contribution in [3.8, 4) is 11.3 Å². The molecule has 0 fully saturated rings. The van der Waals surface area contributed by atoms with E-state index in [4.69, 9.17) is 0 Å². The maximum absolute atomic E-state index is 12.8. The molecule has 5 heteroatoms. The molecule has 1 heterocycles. The summed E-state index contributed by atoms with van der Waals surface area (Å²) in [5.41, 5.74) is 3.18. The molecule has 1 aromatic heterocycles. The number of amides is 1. The summed E-state index contributed by atoms with van der Waals surface area (Å²) in [6, 6.07) is 19.8. The number of benzene rings is 2. The van der Waals surface area contributed by atoms with Crippen molar-refractivity contribution in [1.82, 2.24) is 9.78 Å². The molecule has 0 aliphatic carbocycles. The summed E-state index contributed by atoms with van der Waals surface area (Å²) in [5.74, 6) is -0.249. The molecule has 2 aromatic carbocycles. The Kier molecular flexibility index (Phi) is 5.81. The molecule has 0 bridgehead atoms. The minimum absolute atomic E-state index is 0.249. The van der Waals surface area contributed by atoms with Crippen LogP contribution < -0.4 is 10.9 Å². The minimum atomic E-state index is -0.674. The molecule has 0 aliphatic rings. The van der Waals surface area contributed by atoms with Gasteiger partial charge >= 0.3 is 0 Å². The predicted molar refractivity (Wildman–Crippen MR) is 108 cm³/mol. The third kappa shape index (κ3) is 4.31. The summed E-state index contributed by atoms with van der Waals surface area (Å²) in [6.45, 7) is 3.95. The monoisotopic (exact) mass is 361 g/mol. The summed E-state index contributed by atoms with van der Waals surface area (Å²) >= 11 is 0. The van der Waals surface area contributed by atoms with E-state index in [1.807, 2.05) is 61.5 Å². The molecule has 1 amide bonds. The molecule has 138 valence electrons. The Balaban J connectivity index is 1.87. The largest absolute Gasteiger partial charge is 0.324 e. The zero-order valence-corrected chi connectivity index (χ0v) is 15.6. The standard InChI is InChI=1S/C22H23N3O2/c1-3-16-10-12-18(13-11-16)23-22(27)20(4-2)25-21(26)15-14-19(24-25)17-8-6-5-7-9-17/h5-15,20H,3-4H2,1-2H3,(H,23,27)/t20-/m0/s1.